The highest BCUT2D eigenvalue weighted by molar-refractivity contribution is 5.77. The number of benzene rings is 1. The van der Waals surface area contributed by atoms with Crippen molar-refractivity contribution in [2.75, 3.05) is 33.7 Å². The molecular weight excluding hydrogens is 245 g/mol. The summed E-state index contributed by atoms with van der Waals surface area (Å²) in [6, 6.07) is 6.28. The molecule has 0 spiro atoms. The van der Waals surface area contributed by atoms with E-state index in [0.717, 1.165) is 0 Å². The summed E-state index contributed by atoms with van der Waals surface area (Å²) in [5.41, 5.74) is 6.31. The van der Waals surface area contributed by atoms with Crippen molar-refractivity contribution in [1.29, 1.82) is 0 Å². The van der Waals surface area contributed by atoms with Crippen LogP contribution in [0.3, 0.4) is 0 Å². The number of rotatable bonds is 6. The lowest BCUT2D eigenvalue weighted by molar-refractivity contribution is -0.130. The molecule has 1 atom stereocenters. The monoisotopic (exact) mass is 267 g/mol. The van der Waals surface area contributed by atoms with E-state index in [1.54, 1.807) is 32.3 Å². The van der Waals surface area contributed by atoms with Gasteiger partial charge in [0.1, 0.15) is 5.82 Å². The van der Waals surface area contributed by atoms with Crippen molar-refractivity contribution < 1.29 is 9.18 Å². The Hall–Kier alpha value is -1.46. The van der Waals surface area contributed by atoms with Gasteiger partial charge in [-0.3, -0.25) is 9.69 Å². The van der Waals surface area contributed by atoms with Gasteiger partial charge < -0.3 is 10.6 Å². The van der Waals surface area contributed by atoms with E-state index < -0.39 is 0 Å². The normalized spacial score (nSPS) is 12.5. The highest BCUT2D eigenvalue weighted by Gasteiger charge is 2.23. The molecule has 106 valence electrons. The average Bonchev–Trinajstić information content (AvgIpc) is 2.39. The molecule has 0 radical (unpaired) electrons. The first kappa shape index (κ1) is 15.6. The summed E-state index contributed by atoms with van der Waals surface area (Å²) < 4.78 is 13.8. The minimum absolute atomic E-state index is 0.0170. The molecule has 0 saturated heterocycles. The molecule has 1 aromatic carbocycles. The third-order valence-corrected chi connectivity index (χ3v) is 3.17. The van der Waals surface area contributed by atoms with Gasteiger partial charge in [0.05, 0.1) is 12.6 Å². The van der Waals surface area contributed by atoms with Crippen LogP contribution in [-0.2, 0) is 4.79 Å². The van der Waals surface area contributed by atoms with Crippen molar-refractivity contribution in [3.63, 3.8) is 0 Å². The number of hydrogen-bond donors (Lipinski definition) is 1. The van der Waals surface area contributed by atoms with Crippen LogP contribution in [0.4, 0.5) is 4.39 Å². The highest BCUT2D eigenvalue weighted by atomic mass is 19.1. The topological polar surface area (TPSA) is 49.6 Å². The average molecular weight is 267 g/mol. The Morgan fingerprint density at radius 1 is 1.37 bits per heavy atom. The van der Waals surface area contributed by atoms with Crippen LogP contribution in [0.1, 0.15) is 18.5 Å². The number of amides is 1. The summed E-state index contributed by atoms with van der Waals surface area (Å²) in [6.45, 7) is 3.08. The molecule has 1 rings (SSSR count). The van der Waals surface area contributed by atoms with Crippen molar-refractivity contribution in [2.24, 2.45) is 5.73 Å². The molecule has 0 aromatic heterocycles. The van der Waals surface area contributed by atoms with Gasteiger partial charge in [-0.1, -0.05) is 25.1 Å². The van der Waals surface area contributed by atoms with Crippen LogP contribution in [0.5, 0.6) is 0 Å². The summed E-state index contributed by atoms with van der Waals surface area (Å²) in [5, 5.41) is 0. The van der Waals surface area contributed by atoms with Crippen LogP contribution in [0.25, 0.3) is 0 Å². The second-order valence-electron chi connectivity index (χ2n) is 4.62. The van der Waals surface area contributed by atoms with Crippen LogP contribution in [0.15, 0.2) is 24.3 Å². The lowest BCUT2D eigenvalue weighted by Gasteiger charge is -2.30. The molecule has 0 fully saturated rings. The van der Waals surface area contributed by atoms with Gasteiger partial charge in [0.25, 0.3) is 0 Å². The number of nitrogens with two attached hydrogens (primary N) is 1. The standard InChI is InChI=1S/C14H22FN3O/c1-4-18(10-14(19)17(2)3)13(9-16)11-7-5-6-8-12(11)15/h5-8,13H,4,9-10,16H2,1-3H3. The van der Waals surface area contributed by atoms with E-state index in [1.807, 2.05) is 11.8 Å². The van der Waals surface area contributed by atoms with Crippen LogP contribution < -0.4 is 5.73 Å². The quantitative estimate of drug-likeness (QED) is 0.843. The van der Waals surface area contributed by atoms with Crippen LogP contribution >= 0.6 is 0 Å². The van der Waals surface area contributed by atoms with E-state index >= 15 is 0 Å². The van der Waals surface area contributed by atoms with E-state index in [1.165, 1.54) is 11.0 Å². The third kappa shape index (κ3) is 4.01. The van der Waals surface area contributed by atoms with Gasteiger partial charge in [0, 0.05) is 26.2 Å². The molecule has 0 aliphatic heterocycles. The predicted octanol–water partition coefficient (Wildman–Crippen LogP) is 1.24. The fraction of sp³-hybridized carbons (Fsp3) is 0.500. The van der Waals surface area contributed by atoms with Gasteiger partial charge >= 0.3 is 0 Å². The van der Waals surface area contributed by atoms with E-state index in [-0.39, 0.29) is 30.9 Å². The number of likely N-dealkylation sites (N-methyl/N-ethyl adjacent to an activating group) is 2. The minimum atomic E-state index is -0.284. The molecule has 2 N–H and O–H groups in total. The van der Waals surface area contributed by atoms with Gasteiger partial charge in [-0.2, -0.15) is 0 Å². The summed E-state index contributed by atoms with van der Waals surface area (Å²) in [6.07, 6.45) is 0. The molecule has 0 bridgehead atoms. The maximum absolute atomic E-state index is 13.8. The first-order chi connectivity index (χ1) is 9.01. The largest absolute Gasteiger partial charge is 0.348 e. The summed E-state index contributed by atoms with van der Waals surface area (Å²) in [5.74, 6) is -0.301. The number of hydrogen-bond acceptors (Lipinski definition) is 3. The van der Waals surface area contributed by atoms with Gasteiger partial charge in [-0.25, -0.2) is 4.39 Å². The predicted molar refractivity (Wildman–Crippen MR) is 74.1 cm³/mol. The van der Waals surface area contributed by atoms with Crippen molar-refractivity contribution in [2.45, 2.75) is 13.0 Å². The second kappa shape index (κ2) is 7.21. The summed E-state index contributed by atoms with van der Waals surface area (Å²) in [4.78, 5) is 15.2. The van der Waals surface area contributed by atoms with E-state index in [2.05, 4.69) is 0 Å². The first-order valence-electron chi connectivity index (χ1n) is 6.39. The molecule has 0 heterocycles. The first-order valence-corrected chi connectivity index (χ1v) is 6.39. The number of carbonyl (C=O) groups excluding carboxylic acids is 1. The fourth-order valence-corrected chi connectivity index (χ4v) is 1.98. The Morgan fingerprint density at radius 3 is 2.47 bits per heavy atom. The third-order valence-electron chi connectivity index (χ3n) is 3.17. The maximum Gasteiger partial charge on any atom is 0.236 e. The lowest BCUT2D eigenvalue weighted by Crippen LogP contribution is -2.41. The van der Waals surface area contributed by atoms with E-state index in [4.69, 9.17) is 5.73 Å². The minimum Gasteiger partial charge on any atom is -0.348 e. The maximum atomic E-state index is 13.8. The zero-order chi connectivity index (χ0) is 14.4. The molecule has 4 nitrogen and oxygen atoms in total. The zero-order valence-electron chi connectivity index (χ0n) is 11.8. The van der Waals surface area contributed by atoms with Crippen molar-refractivity contribution in [3.8, 4) is 0 Å². The molecule has 0 aliphatic rings. The van der Waals surface area contributed by atoms with Crippen LogP contribution in [0.2, 0.25) is 0 Å². The molecule has 1 unspecified atom stereocenters. The Kier molecular flexibility index (Phi) is 5.92. The van der Waals surface area contributed by atoms with Crippen molar-refractivity contribution in [3.05, 3.63) is 35.6 Å². The Labute approximate surface area is 114 Å². The molecule has 1 aromatic rings. The highest BCUT2D eigenvalue weighted by Crippen LogP contribution is 2.22. The molecule has 0 saturated carbocycles. The van der Waals surface area contributed by atoms with E-state index in [9.17, 15) is 9.18 Å². The summed E-state index contributed by atoms with van der Waals surface area (Å²) >= 11 is 0. The summed E-state index contributed by atoms with van der Waals surface area (Å²) in [7, 11) is 3.41. The van der Waals surface area contributed by atoms with Crippen molar-refractivity contribution >= 4 is 5.91 Å². The molecular formula is C14H22FN3O. The van der Waals surface area contributed by atoms with Gasteiger partial charge in [0.15, 0.2) is 0 Å². The van der Waals surface area contributed by atoms with Gasteiger partial charge in [0.2, 0.25) is 5.91 Å². The number of carbonyl (C=O) groups is 1. The zero-order valence-corrected chi connectivity index (χ0v) is 11.8. The SMILES string of the molecule is CCN(CC(=O)N(C)C)C(CN)c1ccccc1F. The number of nitrogens with zero attached hydrogens (tertiary/aromatic N) is 2. The number of halogens is 1. The fourth-order valence-electron chi connectivity index (χ4n) is 1.98. The Morgan fingerprint density at radius 2 is 2.00 bits per heavy atom. The van der Waals surface area contributed by atoms with E-state index in [0.29, 0.717) is 12.1 Å². The van der Waals surface area contributed by atoms with Gasteiger partial charge in [-0.15, -0.1) is 0 Å². The lowest BCUT2D eigenvalue weighted by atomic mass is 10.0. The van der Waals surface area contributed by atoms with Crippen molar-refractivity contribution in [1.82, 2.24) is 9.80 Å². The Bertz CT molecular complexity index is 423. The molecule has 19 heavy (non-hydrogen) atoms. The Balaban J connectivity index is 2.93. The molecule has 5 heteroatoms. The molecule has 0 aliphatic carbocycles. The van der Waals surface area contributed by atoms with Gasteiger partial charge in [-0.05, 0) is 12.6 Å². The molecule has 1 amide bonds. The van der Waals surface area contributed by atoms with Crippen LogP contribution in [0, 0.1) is 5.82 Å². The smallest absolute Gasteiger partial charge is 0.236 e. The van der Waals surface area contributed by atoms with Crippen LogP contribution in [-0.4, -0.2) is 49.4 Å². The second-order valence-corrected chi connectivity index (χ2v) is 4.62.